The van der Waals surface area contributed by atoms with Crippen LogP contribution in [0.4, 0.5) is 4.39 Å². The Labute approximate surface area is 117 Å². The summed E-state index contributed by atoms with van der Waals surface area (Å²) in [6, 6.07) is 5.02. The highest BCUT2D eigenvalue weighted by molar-refractivity contribution is 6.30. The number of hydrogen-bond donors (Lipinski definition) is 1. The third-order valence-corrected chi connectivity index (χ3v) is 3.58. The van der Waals surface area contributed by atoms with Crippen molar-refractivity contribution < 1.29 is 4.39 Å². The van der Waals surface area contributed by atoms with Gasteiger partial charge in [-0.3, -0.25) is 0 Å². The Balaban J connectivity index is 2.07. The molecule has 0 saturated carbocycles. The molecule has 1 unspecified atom stereocenters. The van der Waals surface area contributed by atoms with Crippen LogP contribution in [-0.4, -0.2) is 16.6 Å². The summed E-state index contributed by atoms with van der Waals surface area (Å²) in [7, 11) is 3.84. The van der Waals surface area contributed by atoms with Crippen LogP contribution in [0.5, 0.6) is 0 Å². The van der Waals surface area contributed by atoms with Crippen LogP contribution < -0.4 is 5.32 Å². The largest absolute Gasteiger partial charge is 0.338 e. The SMILES string of the molecule is CNC(CCc1nccn1C)c1ccc(Cl)c(F)c1. The van der Waals surface area contributed by atoms with Crippen molar-refractivity contribution in [3.05, 3.63) is 52.8 Å². The lowest BCUT2D eigenvalue weighted by Crippen LogP contribution is -2.18. The first-order valence-electron chi connectivity index (χ1n) is 6.20. The Hall–Kier alpha value is -1.39. The van der Waals surface area contributed by atoms with E-state index in [9.17, 15) is 4.39 Å². The van der Waals surface area contributed by atoms with Crippen LogP contribution in [0, 0.1) is 5.82 Å². The van der Waals surface area contributed by atoms with Gasteiger partial charge in [-0.25, -0.2) is 9.37 Å². The molecule has 0 fully saturated rings. The molecule has 0 amide bonds. The highest BCUT2D eigenvalue weighted by atomic mass is 35.5. The Morgan fingerprint density at radius 3 is 2.84 bits per heavy atom. The molecule has 0 saturated heterocycles. The van der Waals surface area contributed by atoms with Gasteiger partial charge in [0.05, 0.1) is 5.02 Å². The second-order valence-corrected chi connectivity index (χ2v) is 4.92. The third kappa shape index (κ3) is 3.33. The summed E-state index contributed by atoms with van der Waals surface area (Å²) in [5.74, 6) is 0.645. The van der Waals surface area contributed by atoms with E-state index in [1.807, 2.05) is 30.9 Å². The van der Waals surface area contributed by atoms with Crippen LogP contribution in [0.25, 0.3) is 0 Å². The monoisotopic (exact) mass is 281 g/mol. The molecule has 5 heteroatoms. The first-order valence-corrected chi connectivity index (χ1v) is 6.58. The van der Waals surface area contributed by atoms with Gasteiger partial charge >= 0.3 is 0 Å². The highest BCUT2D eigenvalue weighted by Gasteiger charge is 2.12. The number of nitrogens with zero attached hydrogens (tertiary/aromatic N) is 2. The Morgan fingerprint density at radius 1 is 1.47 bits per heavy atom. The van der Waals surface area contributed by atoms with E-state index in [0.717, 1.165) is 24.2 Å². The van der Waals surface area contributed by atoms with Crippen LogP contribution in [0.3, 0.4) is 0 Å². The van der Waals surface area contributed by atoms with Crippen molar-refractivity contribution in [1.82, 2.24) is 14.9 Å². The van der Waals surface area contributed by atoms with Crippen molar-refractivity contribution in [2.24, 2.45) is 7.05 Å². The summed E-state index contributed by atoms with van der Waals surface area (Å²) in [6.07, 6.45) is 5.39. The van der Waals surface area contributed by atoms with E-state index >= 15 is 0 Å². The number of benzene rings is 1. The fraction of sp³-hybridized carbons (Fsp3) is 0.357. The smallest absolute Gasteiger partial charge is 0.142 e. The van der Waals surface area contributed by atoms with Crippen molar-refractivity contribution in [2.45, 2.75) is 18.9 Å². The van der Waals surface area contributed by atoms with Gasteiger partial charge in [-0.2, -0.15) is 0 Å². The van der Waals surface area contributed by atoms with Gasteiger partial charge in [0.1, 0.15) is 11.6 Å². The molecule has 1 heterocycles. The van der Waals surface area contributed by atoms with Crippen molar-refractivity contribution in [3.8, 4) is 0 Å². The molecular formula is C14H17ClFN3. The summed E-state index contributed by atoms with van der Waals surface area (Å²) in [6.45, 7) is 0. The summed E-state index contributed by atoms with van der Waals surface area (Å²) >= 11 is 5.70. The molecule has 1 N–H and O–H groups in total. The molecule has 1 atom stereocenters. The van der Waals surface area contributed by atoms with Crippen LogP contribution >= 0.6 is 11.6 Å². The van der Waals surface area contributed by atoms with Gasteiger partial charge in [0.2, 0.25) is 0 Å². The van der Waals surface area contributed by atoms with Gasteiger partial charge in [0, 0.05) is 31.9 Å². The lowest BCUT2D eigenvalue weighted by molar-refractivity contribution is 0.530. The van der Waals surface area contributed by atoms with Gasteiger partial charge in [-0.05, 0) is 31.2 Å². The van der Waals surface area contributed by atoms with Crippen LogP contribution in [0.1, 0.15) is 23.9 Å². The van der Waals surface area contributed by atoms with Crippen molar-refractivity contribution in [2.75, 3.05) is 7.05 Å². The maximum atomic E-state index is 13.5. The highest BCUT2D eigenvalue weighted by Crippen LogP contribution is 2.23. The normalized spacial score (nSPS) is 12.6. The maximum Gasteiger partial charge on any atom is 0.142 e. The van der Waals surface area contributed by atoms with Crippen LogP contribution in [0.2, 0.25) is 5.02 Å². The summed E-state index contributed by atoms with van der Waals surface area (Å²) < 4.78 is 15.5. The molecule has 0 aliphatic carbocycles. The van der Waals surface area contributed by atoms with E-state index in [0.29, 0.717) is 0 Å². The molecule has 19 heavy (non-hydrogen) atoms. The number of rotatable bonds is 5. The van der Waals surface area contributed by atoms with E-state index in [1.165, 1.54) is 6.07 Å². The lowest BCUT2D eigenvalue weighted by Gasteiger charge is -2.16. The number of aromatic nitrogens is 2. The van der Waals surface area contributed by atoms with Crippen molar-refractivity contribution in [1.29, 1.82) is 0 Å². The summed E-state index contributed by atoms with van der Waals surface area (Å²) in [5.41, 5.74) is 0.901. The molecule has 3 nitrogen and oxygen atoms in total. The molecule has 0 spiro atoms. The zero-order chi connectivity index (χ0) is 13.8. The molecule has 0 radical (unpaired) electrons. The minimum atomic E-state index is -0.378. The van der Waals surface area contributed by atoms with Crippen LogP contribution in [0.15, 0.2) is 30.6 Å². The average molecular weight is 282 g/mol. The minimum absolute atomic E-state index is 0.0865. The molecule has 2 aromatic rings. The molecule has 102 valence electrons. The van der Waals surface area contributed by atoms with Gasteiger partial charge < -0.3 is 9.88 Å². The summed E-state index contributed by atoms with van der Waals surface area (Å²) in [5, 5.41) is 3.36. The number of aryl methyl sites for hydroxylation is 2. The fourth-order valence-corrected chi connectivity index (χ4v) is 2.24. The van der Waals surface area contributed by atoms with E-state index < -0.39 is 0 Å². The molecule has 0 aliphatic heterocycles. The zero-order valence-electron chi connectivity index (χ0n) is 11.0. The Bertz CT molecular complexity index is 553. The molecule has 1 aromatic heterocycles. The minimum Gasteiger partial charge on any atom is -0.338 e. The van der Waals surface area contributed by atoms with Gasteiger partial charge in [-0.15, -0.1) is 0 Å². The third-order valence-electron chi connectivity index (χ3n) is 3.27. The first-order chi connectivity index (χ1) is 9.11. The molecule has 2 rings (SSSR count). The van der Waals surface area contributed by atoms with E-state index in [4.69, 9.17) is 11.6 Å². The average Bonchev–Trinajstić information content (AvgIpc) is 2.80. The van der Waals surface area contributed by atoms with E-state index in [1.54, 1.807) is 12.3 Å². The van der Waals surface area contributed by atoms with Gasteiger partial charge in [0.15, 0.2) is 0 Å². The Morgan fingerprint density at radius 2 is 2.26 bits per heavy atom. The second-order valence-electron chi connectivity index (χ2n) is 4.51. The molecule has 1 aromatic carbocycles. The van der Waals surface area contributed by atoms with Crippen molar-refractivity contribution >= 4 is 11.6 Å². The predicted octanol–water partition coefficient (Wildman–Crippen LogP) is 3.11. The number of hydrogen-bond acceptors (Lipinski definition) is 2. The van der Waals surface area contributed by atoms with Crippen LogP contribution in [-0.2, 0) is 13.5 Å². The topological polar surface area (TPSA) is 29.9 Å². The number of nitrogens with one attached hydrogen (secondary N) is 1. The molecule has 0 bridgehead atoms. The molecule has 0 aliphatic rings. The zero-order valence-corrected chi connectivity index (χ0v) is 11.8. The lowest BCUT2D eigenvalue weighted by atomic mass is 10.0. The summed E-state index contributed by atoms with van der Waals surface area (Å²) in [4.78, 5) is 4.29. The maximum absolute atomic E-state index is 13.5. The van der Waals surface area contributed by atoms with Gasteiger partial charge in [0.25, 0.3) is 0 Å². The Kier molecular flexibility index (Phi) is 4.56. The standard InChI is InChI=1S/C14H17ClFN3/c1-17-13(5-6-14-18-7-8-19(14)2)10-3-4-11(15)12(16)9-10/h3-4,7-9,13,17H,5-6H2,1-2H3. The number of halogens is 2. The van der Waals surface area contributed by atoms with Gasteiger partial charge in [-0.1, -0.05) is 17.7 Å². The fourth-order valence-electron chi connectivity index (χ4n) is 2.12. The number of imidazole rings is 1. The second kappa shape index (κ2) is 6.17. The predicted molar refractivity (Wildman–Crippen MR) is 74.7 cm³/mol. The van der Waals surface area contributed by atoms with Crippen molar-refractivity contribution in [3.63, 3.8) is 0 Å². The first kappa shape index (κ1) is 14.0. The van der Waals surface area contributed by atoms with E-state index in [-0.39, 0.29) is 16.9 Å². The van der Waals surface area contributed by atoms with E-state index in [2.05, 4.69) is 10.3 Å². The molecular weight excluding hydrogens is 265 g/mol. The quantitative estimate of drug-likeness (QED) is 0.913.